The number of carbonyl (C=O) groups excluding carboxylic acids is 1. The van der Waals surface area contributed by atoms with Crippen molar-refractivity contribution in [3.05, 3.63) is 33.8 Å². The topological polar surface area (TPSA) is 111 Å². The van der Waals surface area contributed by atoms with E-state index < -0.39 is 0 Å². The molecule has 152 valence electrons. The molecule has 3 heterocycles. The highest BCUT2D eigenvalue weighted by Crippen LogP contribution is 2.17. The molecule has 1 aliphatic heterocycles. The lowest BCUT2D eigenvalue weighted by Crippen LogP contribution is -2.36. The summed E-state index contributed by atoms with van der Waals surface area (Å²) in [5, 5.41) is 14.5. The highest BCUT2D eigenvalue weighted by molar-refractivity contribution is 5.75. The maximum Gasteiger partial charge on any atom is 0.348 e. The molecule has 0 saturated carbocycles. The molecular weight excluding hydrogens is 360 g/mol. The van der Waals surface area contributed by atoms with Gasteiger partial charge in [0.05, 0.1) is 6.54 Å². The van der Waals surface area contributed by atoms with E-state index in [1.165, 1.54) is 17.5 Å². The van der Waals surface area contributed by atoms with Gasteiger partial charge in [0.1, 0.15) is 6.54 Å². The van der Waals surface area contributed by atoms with Gasteiger partial charge in [-0.2, -0.15) is 4.98 Å². The highest BCUT2D eigenvalue weighted by atomic mass is 16.2. The molecule has 28 heavy (non-hydrogen) atoms. The monoisotopic (exact) mass is 388 g/mol. The van der Waals surface area contributed by atoms with Crippen molar-refractivity contribution in [1.29, 1.82) is 0 Å². The van der Waals surface area contributed by atoms with Crippen LogP contribution in [0.25, 0.3) is 0 Å². The number of tetrazole rings is 1. The number of rotatable bonds is 7. The summed E-state index contributed by atoms with van der Waals surface area (Å²) in [5.41, 5.74) is 1.22. The van der Waals surface area contributed by atoms with Crippen LogP contribution in [0.1, 0.15) is 37.0 Å². The Kier molecular flexibility index (Phi) is 6.50. The van der Waals surface area contributed by atoms with Crippen LogP contribution in [0.4, 0.5) is 0 Å². The molecule has 3 rings (SSSR count). The van der Waals surface area contributed by atoms with Crippen LogP contribution in [0.5, 0.6) is 0 Å². The Morgan fingerprint density at radius 1 is 1.29 bits per heavy atom. The molecule has 10 nitrogen and oxygen atoms in total. The number of carbonyl (C=O) groups is 1. The molecule has 0 aromatic carbocycles. The zero-order chi connectivity index (χ0) is 20.1. The average Bonchev–Trinajstić information content (AvgIpc) is 3.06. The number of nitrogens with zero attached hydrogens (tertiary/aromatic N) is 7. The second-order valence-electron chi connectivity index (χ2n) is 7.53. The highest BCUT2D eigenvalue weighted by Gasteiger charge is 2.19. The Morgan fingerprint density at radius 3 is 2.75 bits per heavy atom. The molecule has 0 aliphatic carbocycles. The van der Waals surface area contributed by atoms with Crippen molar-refractivity contribution in [3.8, 4) is 0 Å². The van der Waals surface area contributed by atoms with Gasteiger partial charge in [-0.15, -0.1) is 5.10 Å². The molecule has 10 heteroatoms. The van der Waals surface area contributed by atoms with Gasteiger partial charge in [-0.05, 0) is 62.2 Å². The molecule has 0 atom stereocenters. The fraction of sp³-hybridized carbons (Fsp3) is 0.667. The first kappa shape index (κ1) is 20.1. The van der Waals surface area contributed by atoms with Gasteiger partial charge in [0.15, 0.2) is 5.82 Å². The van der Waals surface area contributed by atoms with Crippen molar-refractivity contribution in [2.24, 2.45) is 5.92 Å². The third kappa shape index (κ3) is 5.22. The van der Waals surface area contributed by atoms with E-state index in [4.69, 9.17) is 0 Å². The van der Waals surface area contributed by atoms with Gasteiger partial charge >= 0.3 is 5.69 Å². The molecule has 0 radical (unpaired) electrons. The summed E-state index contributed by atoms with van der Waals surface area (Å²) in [5.74, 6) is 1.27. The normalized spacial score (nSPS) is 15.7. The Balaban J connectivity index is 1.49. The van der Waals surface area contributed by atoms with Gasteiger partial charge in [-0.1, -0.05) is 6.92 Å². The number of likely N-dealkylation sites (tertiary alicyclic amines) is 1. The van der Waals surface area contributed by atoms with Crippen LogP contribution in [-0.2, 0) is 24.4 Å². The molecule has 0 unspecified atom stereocenters. The van der Waals surface area contributed by atoms with Crippen LogP contribution in [0.15, 0.2) is 10.9 Å². The summed E-state index contributed by atoms with van der Waals surface area (Å²) in [6.07, 6.45) is 2.35. The number of aryl methyl sites for hydroxylation is 2. The third-order valence-electron chi connectivity index (χ3n) is 5.14. The van der Waals surface area contributed by atoms with Crippen molar-refractivity contribution in [1.82, 2.24) is 40.0 Å². The second-order valence-corrected chi connectivity index (χ2v) is 7.53. The van der Waals surface area contributed by atoms with E-state index in [1.807, 2.05) is 13.0 Å². The summed E-state index contributed by atoms with van der Waals surface area (Å²) in [6.45, 7) is 9.39. The smallest absolute Gasteiger partial charge is 0.348 e. The maximum atomic E-state index is 12.3. The van der Waals surface area contributed by atoms with Crippen molar-refractivity contribution in [3.63, 3.8) is 0 Å². The SMILES string of the molecule is Cc1cc(C)n(CCNC(=O)Cn2nnnc2CN2CCC(C)CC2)c(=O)n1. The summed E-state index contributed by atoms with van der Waals surface area (Å²) in [4.78, 5) is 30.5. The first-order chi connectivity index (χ1) is 13.4. The van der Waals surface area contributed by atoms with Crippen LogP contribution in [-0.4, -0.2) is 60.2 Å². The molecule has 1 amide bonds. The second kappa shape index (κ2) is 9.05. The van der Waals surface area contributed by atoms with Gasteiger partial charge in [0, 0.05) is 24.5 Å². The number of piperidine rings is 1. The van der Waals surface area contributed by atoms with Crippen molar-refractivity contribution in [2.75, 3.05) is 19.6 Å². The molecule has 1 aliphatic rings. The molecule has 1 N–H and O–H groups in total. The van der Waals surface area contributed by atoms with Crippen LogP contribution in [0.2, 0.25) is 0 Å². The molecule has 0 bridgehead atoms. The Morgan fingerprint density at radius 2 is 2.04 bits per heavy atom. The van der Waals surface area contributed by atoms with Gasteiger partial charge < -0.3 is 5.32 Å². The molecule has 1 fully saturated rings. The van der Waals surface area contributed by atoms with E-state index in [2.05, 4.69) is 37.6 Å². The Bertz CT molecular complexity index is 867. The van der Waals surface area contributed by atoms with Crippen molar-refractivity contribution in [2.45, 2.75) is 53.2 Å². The largest absolute Gasteiger partial charge is 0.353 e. The average molecular weight is 388 g/mol. The number of nitrogens with one attached hydrogen (secondary N) is 1. The van der Waals surface area contributed by atoms with E-state index in [0.29, 0.717) is 31.2 Å². The first-order valence-electron chi connectivity index (χ1n) is 9.71. The lowest BCUT2D eigenvalue weighted by molar-refractivity contribution is -0.121. The van der Waals surface area contributed by atoms with Crippen LogP contribution >= 0.6 is 0 Å². The van der Waals surface area contributed by atoms with Crippen molar-refractivity contribution < 1.29 is 4.79 Å². The summed E-state index contributed by atoms with van der Waals surface area (Å²) in [7, 11) is 0. The van der Waals surface area contributed by atoms with E-state index >= 15 is 0 Å². The first-order valence-corrected chi connectivity index (χ1v) is 9.71. The van der Waals surface area contributed by atoms with Gasteiger partial charge in [0.25, 0.3) is 0 Å². The fourth-order valence-electron chi connectivity index (χ4n) is 3.43. The summed E-state index contributed by atoms with van der Waals surface area (Å²) < 4.78 is 3.09. The van der Waals surface area contributed by atoms with E-state index in [9.17, 15) is 9.59 Å². The maximum absolute atomic E-state index is 12.3. The minimum absolute atomic E-state index is 0.0621. The lowest BCUT2D eigenvalue weighted by atomic mass is 9.99. The minimum atomic E-state index is -0.301. The zero-order valence-corrected chi connectivity index (χ0v) is 16.8. The van der Waals surface area contributed by atoms with Gasteiger partial charge in [-0.3, -0.25) is 14.3 Å². The predicted octanol–water partition coefficient (Wildman–Crippen LogP) is -0.105. The molecule has 0 spiro atoms. The van der Waals surface area contributed by atoms with Gasteiger partial charge in [0.2, 0.25) is 5.91 Å². The number of hydrogen-bond acceptors (Lipinski definition) is 7. The van der Waals surface area contributed by atoms with Crippen molar-refractivity contribution >= 4 is 5.91 Å². The van der Waals surface area contributed by atoms with Gasteiger partial charge in [-0.25, -0.2) is 9.48 Å². The predicted molar refractivity (Wildman–Crippen MR) is 102 cm³/mol. The number of amides is 1. The minimum Gasteiger partial charge on any atom is -0.353 e. The molecule has 1 saturated heterocycles. The van der Waals surface area contributed by atoms with E-state index in [1.54, 1.807) is 11.5 Å². The molecule has 2 aromatic rings. The summed E-state index contributed by atoms with van der Waals surface area (Å²) in [6, 6.07) is 1.85. The number of hydrogen-bond donors (Lipinski definition) is 1. The summed E-state index contributed by atoms with van der Waals surface area (Å²) >= 11 is 0. The molecular formula is C18H28N8O2. The fourth-order valence-corrected chi connectivity index (χ4v) is 3.43. The zero-order valence-electron chi connectivity index (χ0n) is 16.8. The standard InChI is InChI=1S/C18H28N8O2/c1-13-4-7-24(8-5-13)11-16-21-22-23-26(16)12-17(27)19-6-9-25-15(3)10-14(2)20-18(25)28/h10,13H,4-9,11-12H2,1-3H3,(H,19,27). The third-order valence-corrected chi connectivity index (χ3v) is 5.14. The Labute approximate surface area is 163 Å². The lowest BCUT2D eigenvalue weighted by Gasteiger charge is -2.29. The number of aromatic nitrogens is 6. The van der Waals surface area contributed by atoms with Crippen LogP contribution < -0.4 is 11.0 Å². The van der Waals surface area contributed by atoms with Crippen LogP contribution in [0, 0.1) is 19.8 Å². The van der Waals surface area contributed by atoms with E-state index in [0.717, 1.165) is 24.7 Å². The molecule has 2 aromatic heterocycles. The Hall–Kier alpha value is -2.62. The van der Waals surface area contributed by atoms with Crippen LogP contribution in [0.3, 0.4) is 0 Å². The van der Waals surface area contributed by atoms with E-state index in [-0.39, 0.29) is 18.1 Å². The quantitative estimate of drug-likeness (QED) is 0.705.